The summed E-state index contributed by atoms with van der Waals surface area (Å²) in [5, 5.41) is 4.74. The Labute approximate surface area is 154 Å². The first-order valence-electron chi connectivity index (χ1n) is 7.76. The number of nitrogens with one attached hydrogen (secondary N) is 1. The van der Waals surface area contributed by atoms with E-state index in [1.165, 1.54) is 6.07 Å². The van der Waals surface area contributed by atoms with Crippen LogP contribution in [0.5, 0.6) is 0 Å². The van der Waals surface area contributed by atoms with Gasteiger partial charge in [0.25, 0.3) is 5.91 Å². The predicted octanol–water partition coefficient (Wildman–Crippen LogP) is 4.45. The highest BCUT2D eigenvalue weighted by molar-refractivity contribution is 7.14. The number of rotatable bonds is 3. The number of thiazole rings is 1. The Hall–Kier alpha value is -3.39. The van der Waals surface area contributed by atoms with E-state index in [0.717, 1.165) is 29.5 Å². The van der Waals surface area contributed by atoms with Crippen molar-refractivity contribution in [1.29, 1.82) is 0 Å². The van der Waals surface area contributed by atoms with E-state index in [4.69, 9.17) is 4.42 Å². The Balaban J connectivity index is 1.59. The molecule has 4 aromatic rings. The standard InChI is InChI=1S/C19H10F2N2O3S/c20-12-6-5-10(7-13(12)21)14-9-27-19(22-14)23-18(25)17-8-15(24)11-3-1-2-4-16(11)26-17/h1-9H,(H,22,23,25). The van der Waals surface area contributed by atoms with Gasteiger partial charge in [0.2, 0.25) is 0 Å². The number of para-hydroxylation sites is 1. The molecule has 4 rings (SSSR count). The Morgan fingerprint density at radius 3 is 2.70 bits per heavy atom. The molecule has 2 aromatic carbocycles. The van der Waals surface area contributed by atoms with Crippen LogP contribution in [0.3, 0.4) is 0 Å². The minimum absolute atomic E-state index is 0.150. The Morgan fingerprint density at radius 1 is 1.07 bits per heavy atom. The Morgan fingerprint density at radius 2 is 1.89 bits per heavy atom. The lowest BCUT2D eigenvalue weighted by molar-refractivity contribution is 0.0997. The number of anilines is 1. The quantitative estimate of drug-likeness (QED) is 0.567. The third kappa shape index (κ3) is 3.34. The average molecular weight is 384 g/mol. The molecule has 27 heavy (non-hydrogen) atoms. The highest BCUT2D eigenvalue weighted by Gasteiger charge is 2.15. The molecule has 0 radical (unpaired) electrons. The number of amides is 1. The highest BCUT2D eigenvalue weighted by atomic mass is 32.1. The van der Waals surface area contributed by atoms with Crippen LogP contribution in [0.1, 0.15) is 10.6 Å². The molecule has 0 aliphatic rings. The van der Waals surface area contributed by atoms with Gasteiger partial charge in [0.05, 0.1) is 11.1 Å². The minimum atomic E-state index is -0.982. The number of fused-ring (bicyclic) bond motifs is 1. The maximum Gasteiger partial charge on any atom is 0.293 e. The number of hydrogen-bond donors (Lipinski definition) is 1. The number of halogens is 2. The van der Waals surface area contributed by atoms with Gasteiger partial charge in [-0.2, -0.15) is 0 Å². The lowest BCUT2D eigenvalue weighted by Gasteiger charge is -2.03. The lowest BCUT2D eigenvalue weighted by atomic mass is 10.2. The van der Waals surface area contributed by atoms with E-state index < -0.39 is 17.5 Å². The van der Waals surface area contributed by atoms with E-state index in [0.29, 0.717) is 22.2 Å². The number of aromatic nitrogens is 1. The van der Waals surface area contributed by atoms with Crippen LogP contribution in [0.2, 0.25) is 0 Å². The summed E-state index contributed by atoms with van der Waals surface area (Å²) >= 11 is 1.11. The molecule has 2 aromatic heterocycles. The van der Waals surface area contributed by atoms with Crippen molar-refractivity contribution in [1.82, 2.24) is 4.98 Å². The molecule has 0 fully saturated rings. The smallest absolute Gasteiger partial charge is 0.293 e. The fourth-order valence-corrected chi connectivity index (χ4v) is 3.21. The first kappa shape index (κ1) is 17.0. The van der Waals surface area contributed by atoms with E-state index in [-0.39, 0.29) is 16.3 Å². The molecule has 8 heteroatoms. The van der Waals surface area contributed by atoms with Gasteiger partial charge >= 0.3 is 0 Å². The van der Waals surface area contributed by atoms with Crippen LogP contribution in [0.25, 0.3) is 22.2 Å². The van der Waals surface area contributed by atoms with Crippen molar-refractivity contribution in [3.8, 4) is 11.3 Å². The van der Waals surface area contributed by atoms with Crippen LogP contribution in [-0.4, -0.2) is 10.9 Å². The molecule has 0 aliphatic heterocycles. The molecule has 0 spiro atoms. The zero-order valence-corrected chi connectivity index (χ0v) is 14.3. The van der Waals surface area contributed by atoms with Gasteiger partial charge in [-0.1, -0.05) is 12.1 Å². The van der Waals surface area contributed by atoms with Crippen molar-refractivity contribution < 1.29 is 18.0 Å². The van der Waals surface area contributed by atoms with Crippen LogP contribution in [0.15, 0.2) is 63.1 Å². The second-order valence-electron chi connectivity index (χ2n) is 5.59. The number of nitrogens with zero attached hydrogens (tertiary/aromatic N) is 1. The second kappa shape index (κ2) is 6.73. The lowest BCUT2D eigenvalue weighted by Crippen LogP contribution is -2.14. The normalized spacial score (nSPS) is 10.9. The highest BCUT2D eigenvalue weighted by Crippen LogP contribution is 2.26. The molecule has 0 unspecified atom stereocenters. The van der Waals surface area contributed by atoms with Crippen LogP contribution >= 0.6 is 11.3 Å². The number of benzene rings is 2. The summed E-state index contributed by atoms with van der Waals surface area (Å²) in [6.07, 6.45) is 0. The molecule has 0 bridgehead atoms. The summed E-state index contributed by atoms with van der Waals surface area (Å²) in [5.74, 6) is -2.72. The van der Waals surface area contributed by atoms with Crippen molar-refractivity contribution in [2.75, 3.05) is 5.32 Å². The topological polar surface area (TPSA) is 72.2 Å². The largest absolute Gasteiger partial charge is 0.451 e. The zero-order valence-electron chi connectivity index (χ0n) is 13.5. The van der Waals surface area contributed by atoms with Crippen LogP contribution in [0, 0.1) is 11.6 Å². The second-order valence-corrected chi connectivity index (χ2v) is 6.45. The Kier molecular flexibility index (Phi) is 4.25. The fourth-order valence-electron chi connectivity index (χ4n) is 2.49. The van der Waals surface area contributed by atoms with Gasteiger partial charge in [-0.15, -0.1) is 11.3 Å². The van der Waals surface area contributed by atoms with E-state index in [9.17, 15) is 18.4 Å². The molecular formula is C19H10F2N2O3S. The summed E-state index contributed by atoms with van der Waals surface area (Å²) in [6, 6.07) is 11.1. The molecule has 5 nitrogen and oxygen atoms in total. The molecule has 0 saturated carbocycles. The summed E-state index contributed by atoms with van der Waals surface area (Å²) in [4.78, 5) is 28.6. The summed E-state index contributed by atoms with van der Waals surface area (Å²) in [6.45, 7) is 0. The molecule has 1 amide bonds. The minimum Gasteiger partial charge on any atom is -0.451 e. The first-order chi connectivity index (χ1) is 13.0. The molecule has 0 aliphatic carbocycles. The summed E-state index contributed by atoms with van der Waals surface area (Å²) in [7, 11) is 0. The van der Waals surface area contributed by atoms with Gasteiger partial charge in [0, 0.05) is 17.0 Å². The maximum atomic E-state index is 13.4. The fraction of sp³-hybridized carbons (Fsp3) is 0. The SMILES string of the molecule is O=C(Nc1nc(-c2ccc(F)c(F)c2)cs1)c1cc(=O)c2ccccc2o1. The van der Waals surface area contributed by atoms with Crippen molar-refractivity contribution in [2.24, 2.45) is 0 Å². The van der Waals surface area contributed by atoms with Crippen molar-refractivity contribution in [3.05, 3.63) is 81.5 Å². The van der Waals surface area contributed by atoms with Gasteiger partial charge in [-0.3, -0.25) is 14.9 Å². The molecule has 2 heterocycles. The van der Waals surface area contributed by atoms with E-state index in [1.54, 1.807) is 29.6 Å². The van der Waals surface area contributed by atoms with Gasteiger partial charge in [0.15, 0.2) is 28.0 Å². The van der Waals surface area contributed by atoms with Gasteiger partial charge in [0.1, 0.15) is 5.58 Å². The van der Waals surface area contributed by atoms with Gasteiger partial charge in [-0.25, -0.2) is 13.8 Å². The van der Waals surface area contributed by atoms with E-state index >= 15 is 0 Å². The number of carbonyl (C=O) groups is 1. The maximum absolute atomic E-state index is 13.4. The number of carbonyl (C=O) groups excluding carboxylic acids is 1. The third-order valence-electron chi connectivity index (χ3n) is 3.80. The summed E-state index contributed by atoms with van der Waals surface area (Å²) < 4.78 is 31.9. The Bertz CT molecular complexity index is 1230. The molecule has 0 saturated heterocycles. The van der Waals surface area contributed by atoms with Crippen LogP contribution < -0.4 is 10.7 Å². The van der Waals surface area contributed by atoms with E-state index in [2.05, 4.69) is 10.3 Å². The predicted molar refractivity (Wildman–Crippen MR) is 97.9 cm³/mol. The number of hydrogen-bond acceptors (Lipinski definition) is 5. The molecule has 1 N–H and O–H groups in total. The van der Waals surface area contributed by atoms with Crippen molar-refractivity contribution in [2.45, 2.75) is 0 Å². The van der Waals surface area contributed by atoms with Crippen LogP contribution in [0.4, 0.5) is 13.9 Å². The first-order valence-corrected chi connectivity index (χ1v) is 8.64. The zero-order chi connectivity index (χ0) is 19.0. The third-order valence-corrected chi connectivity index (χ3v) is 4.56. The van der Waals surface area contributed by atoms with Crippen molar-refractivity contribution in [3.63, 3.8) is 0 Å². The van der Waals surface area contributed by atoms with Gasteiger partial charge < -0.3 is 4.42 Å². The molecular weight excluding hydrogens is 374 g/mol. The van der Waals surface area contributed by atoms with Crippen LogP contribution in [-0.2, 0) is 0 Å². The summed E-state index contributed by atoms with van der Waals surface area (Å²) in [5.41, 5.74) is 0.734. The van der Waals surface area contributed by atoms with Gasteiger partial charge in [-0.05, 0) is 30.3 Å². The molecule has 134 valence electrons. The van der Waals surface area contributed by atoms with Crippen molar-refractivity contribution >= 4 is 33.3 Å². The van der Waals surface area contributed by atoms with E-state index in [1.807, 2.05) is 0 Å². The monoisotopic (exact) mass is 384 g/mol. The molecule has 0 atom stereocenters. The average Bonchev–Trinajstić information content (AvgIpc) is 3.12.